The lowest BCUT2D eigenvalue weighted by atomic mass is 10.3. The molecule has 1 aromatic carbocycles. The summed E-state index contributed by atoms with van der Waals surface area (Å²) >= 11 is 8.98. The minimum Gasteiger partial charge on any atom is -0.492 e. The van der Waals surface area contributed by atoms with Gasteiger partial charge in [-0.3, -0.25) is 4.72 Å². The first-order valence-electron chi connectivity index (χ1n) is 5.99. The van der Waals surface area contributed by atoms with E-state index >= 15 is 0 Å². The predicted molar refractivity (Wildman–Crippen MR) is 85.4 cm³/mol. The number of ether oxygens (including phenoxy) is 1. The number of nitrogens with zero attached hydrogens (tertiary/aromatic N) is 1. The van der Waals surface area contributed by atoms with Crippen molar-refractivity contribution in [2.45, 2.75) is 11.8 Å². The van der Waals surface area contributed by atoms with Crippen LogP contribution in [0.1, 0.15) is 6.92 Å². The van der Waals surface area contributed by atoms with Crippen LogP contribution in [0.2, 0.25) is 5.02 Å². The molecule has 0 aliphatic carbocycles. The molecule has 8 heteroatoms. The number of halogens is 2. The molecule has 1 N–H and O–H groups in total. The number of rotatable bonds is 5. The molecule has 21 heavy (non-hydrogen) atoms. The van der Waals surface area contributed by atoms with Crippen molar-refractivity contribution < 1.29 is 13.2 Å². The van der Waals surface area contributed by atoms with Crippen molar-refractivity contribution in [2.24, 2.45) is 0 Å². The Labute approximate surface area is 136 Å². The maximum Gasteiger partial charge on any atom is 0.266 e. The van der Waals surface area contributed by atoms with Crippen LogP contribution in [0, 0.1) is 0 Å². The summed E-state index contributed by atoms with van der Waals surface area (Å²) in [5.74, 6) is 0.462. The SMILES string of the molecule is CCOc1ccc(Br)cc1S(=O)(=O)Nc1ccc(Cl)cn1. The third-order valence-corrected chi connectivity index (χ3v) is 4.55. The molecule has 2 aromatic rings. The molecule has 0 bridgehead atoms. The van der Waals surface area contributed by atoms with Crippen LogP contribution in [0.5, 0.6) is 5.75 Å². The molecular formula is C13H12BrClN2O3S. The Hall–Kier alpha value is -1.31. The van der Waals surface area contributed by atoms with E-state index in [1.165, 1.54) is 18.3 Å². The number of hydrogen-bond acceptors (Lipinski definition) is 4. The van der Waals surface area contributed by atoms with Gasteiger partial charge in [-0.1, -0.05) is 27.5 Å². The van der Waals surface area contributed by atoms with E-state index in [1.807, 2.05) is 0 Å². The first-order valence-corrected chi connectivity index (χ1v) is 8.64. The van der Waals surface area contributed by atoms with Crippen LogP contribution in [-0.4, -0.2) is 20.0 Å². The van der Waals surface area contributed by atoms with E-state index < -0.39 is 10.0 Å². The van der Waals surface area contributed by atoms with E-state index in [1.54, 1.807) is 25.1 Å². The smallest absolute Gasteiger partial charge is 0.266 e. The topological polar surface area (TPSA) is 68.3 Å². The fourth-order valence-corrected chi connectivity index (χ4v) is 3.40. The molecule has 0 atom stereocenters. The van der Waals surface area contributed by atoms with E-state index in [2.05, 4.69) is 25.6 Å². The quantitative estimate of drug-likeness (QED) is 0.844. The standard InChI is InChI=1S/C13H12BrClN2O3S/c1-2-20-11-5-3-9(14)7-12(11)21(18,19)17-13-6-4-10(15)8-16-13/h3-8H,2H2,1H3,(H,16,17). The van der Waals surface area contributed by atoms with Gasteiger partial charge >= 0.3 is 0 Å². The van der Waals surface area contributed by atoms with Gasteiger partial charge in [-0.2, -0.15) is 0 Å². The molecule has 0 saturated heterocycles. The first kappa shape index (κ1) is 16.1. The molecule has 1 aromatic heterocycles. The number of pyridine rings is 1. The van der Waals surface area contributed by atoms with Gasteiger partial charge in [-0.15, -0.1) is 0 Å². The van der Waals surface area contributed by atoms with Crippen LogP contribution in [0.25, 0.3) is 0 Å². The third-order valence-electron chi connectivity index (χ3n) is 2.46. The number of nitrogens with one attached hydrogen (secondary N) is 1. The van der Waals surface area contributed by atoms with Gasteiger partial charge in [-0.25, -0.2) is 13.4 Å². The van der Waals surface area contributed by atoms with E-state index in [0.29, 0.717) is 16.1 Å². The number of sulfonamides is 1. The zero-order chi connectivity index (χ0) is 15.5. The number of anilines is 1. The average molecular weight is 392 g/mol. The average Bonchev–Trinajstić information content (AvgIpc) is 2.43. The minimum atomic E-state index is -3.81. The van der Waals surface area contributed by atoms with E-state index in [0.717, 1.165) is 0 Å². The van der Waals surface area contributed by atoms with E-state index in [9.17, 15) is 8.42 Å². The summed E-state index contributed by atoms with van der Waals surface area (Å²) in [6.45, 7) is 2.15. The lowest BCUT2D eigenvalue weighted by Crippen LogP contribution is -2.15. The third kappa shape index (κ3) is 4.09. The van der Waals surface area contributed by atoms with Gasteiger partial charge in [0.1, 0.15) is 16.5 Å². The van der Waals surface area contributed by atoms with Crippen molar-refractivity contribution in [3.63, 3.8) is 0 Å². The maximum absolute atomic E-state index is 12.4. The van der Waals surface area contributed by atoms with E-state index in [4.69, 9.17) is 16.3 Å². The zero-order valence-corrected chi connectivity index (χ0v) is 14.2. The fraction of sp³-hybridized carbons (Fsp3) is 0.154. The lowest BCUT2D eigenvalue weighted by molar-refractivity contribution is 0.331. The Kier molecular flexibility index (Phi) is 5.08. The van der Waals surface area contributed by atoms with Crippen molar-refractivity contribution in [3.8, 4) is 5.75 Å². The van der Waals surface area contributed by atoms with Crippen LogP contribution in [0.3, 0.4) is 0 Å². The molecule has 0 unspecified atom stereocenters. The minimum absolute atomic E-state index is 0.0375. The first-order chi connectivity index (χ1) is 9.92. The Bertz CT molecular complexity index is 736. The van der Waals surface area contributed by atoms with Gasteiger partial charge < -0.3 is 4.74 Å². The molecule has 5 nitrogen and oxygen atoms in total. The Balaban J connectivity index is 2.39. The summed E-state index contributed by atoms with van der Waals surface area (Å²) in [6.07, 6.45) is 1.36. The largest absolute Gasteiger partial charge is 0.492 e. The van der Waals surface area contributed by atoms with Crippen LogP contribution >= 0.6 is 27.5 Å². The molecule has 112 valence electrons. The van der Waals surface area contributed by atoms with Crippen LogP contribution in [-0.2, 0) is 10.0 Å². The van der Waals surface area contributed by atoms with Crippen molar-refractivity contribution in [1.82, 2.24) is 4.98 Å². The molecule has 0 aliphatic rings. The second kappa shape index (κ2) is 6.64. The Morgan fingerprint density at radius 1 is 1.33 bits per heavy atom. The van der Waals surface area contributed by atoms with Crippen LogP contribution in [0.15, 0.2) is 45.9 Å². The summed E-state index contributed by atoms with van der Waals surface area (Å²) in [6, 6.07) is 7.82. The molecule has 0 aliphatic heterocycles. The molecule has 1 heterocycles. The second-order valence-electron chi connectivity index (χ2n) is 3.99. The van der Waals surface area contributed by atoms with Crippen molar-refractivity contribution in [3.05, 3.63) is 46.0 Å². The number of benzene rings is 1. The molecular weight excluding hydrogens is 380 g/mol. The Morgan fingerprint density at radius 2 is 2.10 bits per heavy atom. The number of aromatic nitrogens is 1. The predicted octanol–water partition coefficient (Wildman–Crippen LogP) is 3.70. The molecule has 0 radical (unpaired) electrons. The van der Waals surface area contributed by atoms with Gasteiger partial charge in [0.05, 0.1) is 11.6 Å². The fourth-order valence-electron chi connectivity index (χ4n) is 1.60. The second-order valence-corrected chi connectivity index (χ2v) is 6.99. The van der Waals surface area contributed by atoms with Crippen molar-refractivity contribution >= 4 is 43.4 Å². The highest BCUT2D eigenvalue weighted by Crippen LogP contribution is 2.29. The highest BCUT2D eigenvalue weighted by Gasteiger charge is 2.20. The molecule has 2 rings (SSSR count). The van der Waals surface area contributed by atoms with Gasteiger partial charge in [-0.05, 0) is 37.3 Å². The molecule has 0 spiro atoms. The van der Waals surface area contributed by atoms with Gasteiger partial charge in [0.15, 0.2) is 0 Å². The van der Waals surface area contributed by atoms with E-state index in [-0.39, 0.29) is 16.5 Å². The van der Waals surface area contributed by atoms with Crippen LogP contribution in [0.4, 0.5) is 5.82 Å². The monoisotopic (exact) mass is 390 g/mol. The van der Waals surface area contributed by atoms with Crippen molar-refractivity contribution in [1.29, 1.82) is 0 Å². The summed E-state index contributed by atoms with van der Waals surface area (Å²) in [5.41, 5.74) is 0. The molecule has 0 saturated carbocycles. The van der Waals surface area contributed by atoms with Crippen LogP contribution < -0.4 is 9.46 Å². The lowest BCUT2D eigenvalue weighted by Gasteiger charge is -2.12. The van der Waals surface area contributed by atoms with Gasteiger partial charge in [0, 0.05) is 10.7 Å². The van der Waals surface area contributed by atoms with Gasteiger partial charge in [0.2, 0.25) is 0 Å². The highest BCUT2D eigenvalue weighted by atomic mass is 79.9. The zero-order valence-electron chi connectivity index (χ0n) is 11.0. The van der Waals surface area contributed by atoms with Crippen molar-refractivity contribution in [2.75, 3.05) is 11.3 Å². The summed E-state index contributed by atoms with van der Waals surface area (Å²) in [5, 5.41) is 0.426. The summed E-state index contributed by atoms with van der Waals surface area (Å²) < 4.78 is 33.3. The maximum atomic E-state index is 12.4. The normalized spacial score (nSPS) is 11.2. The highest BCUT2D eigenvalue weighted by molar-refractivity contribution is 9.10. The van der Waals surface area contributed by atoms with Gasteiger partial charge in [0.25, 0.3) is 10.0 Å². The summed E-state index contributed by atoms with van der Waals surface area (Å²) in [7, 11) is -3.81. The molecule has 0 fully saturated rings. The Morgan fingerprint density at radius 3 is 2.71 bits per heavy atom. The summed E-state index contributed by atoms with van der Waals surface area (Å²) in [4.78, 5) is 3.95. The number of hydrogen-bond donors (Lipinski definition) is 1. The molecule has 0 amide bonds.